The molecule has 0 bridgehead atoms. The summed E-state index contributed by atoms with van der Waals surface area (Å²) in [6, 6.07) is 0. The molecule has 0 aromatic rings. The smallest absolute Gasteiger partial charge is 0.168 e. The van der Waals surface area contributed by atoms with Gasteiger partial charge in [0.05, 0.1) is 0 Å². The lowest BCUT2D eigenvalue weighted by Gasteiger charge is -2.23. The Bertz CT molecular complexity index is 110. The minimum absolute atomic E-state index is 0.330. The van der Waals surface area contributed by atoms with E-state index < -0.39 is 5.67 Å². The highest BCUT2D eigenvalue weighted by Gasteiger charge is 2.30. The van der Waals surface area contributed by atoms with Crippen LogP contribution in [0.2, 0.25) is 0 Å². The number of piperidine rings is 1. The summed E-state index contributed by atoms with van der Waals surface area (Å²) in [5, 5.41) is 2.98. The SMILES string of the molecule is O=CC1(F)CCNCC1. The summed E-state index contributed by atoms with van der Waals surface area (Å²) in [5.41, 5.74) is -1.52. The van der Waals surface area contributed by atoms with Gasteiger partial charge in [-0.2, -0.15) is 0 Å². The molecule has 1 heterocycles. The van der Waals surface area contributed by atoms with Crippen LogP contribution in [0.5, 0.6) is 0 Å². The Labute approximate surface area is 53.4 Å². The van der Waals surface area contributed by atoms with Crippen molar-refractivity contribution < 1.29 is 9.18 Å². The second-order valence-corrected chi connectivity index (χ2v) is 2.40. The zero-order valence-electron chi connectivity index (χ0n) is 5.19. The Hall–Kier alpha value is -0.440. The molecule has 0 aromatic carbocycles. The monoisotopic (exact) mass is 131 g/mol. The van der Waals surface area contributed by atoms with E-state index in [1.165, 1.54) is 0 Å². The van der Waals surface area contributed by atoms with Crippen molar-refractivity contribution in [3.05, 3.63) is 0 Å². The van der Waals surface area contributed by atoms with E-state index >= 15 is 0 Å². The number of halogens is 1. The number of carbonyl (C=O) groups excluding carboxylic acids is 1. The minimum Gasteiger partial charge on any atom is -0.316 e. The Balaban J connectivity index is 2.46. The van der Waals surface area contributed by atoms with Crippen LogP contribution < -0.4 is 5.32 Å². The molecule has 3 heteroatoms. The van der Waals surface area contributed by atoms with Crippen molar-refractivity contribution in [3.63, 3.8) is 0 Å². The summed E-state index contributed by atoms with van der Waals surface area (Å²) < 4.78 is 12.9. The second kappa shape index (κ2) is 2.43. The molecule has 0 unspecified atom stereocenters. The van der Waals surface area contributed by atoms with Crippen molar-refractivity contribution in [1.29, 1.82) is 0 Å². The van der Waals surface area contributed by atoms with Crippen LogP contribution in [0.4, 0.5) is 4.39 Å². The molecule has 1 saturated heterocycles. The van der Waals surface area contributed by atoms with Crippen LogP contribution >= 0.6 is 0 Å². The number of alkyl halides is 1. The van der Waals surface area contributed by atoms with Gasteiger partial charge in [-0.15, -0.1) is 0 Å². The Morgan fingerprint density at radius 2 is 2.00 bits per heavy atom. The van der Waals surface area contributed by atoms with Gasteiger partial charge in [-0.1, -0.05) is 0 Å². The number of nitrogens with one attached hydrogen (secondary N) is 1. The predicted octanol–water partition coefficient (Wildman–Crippen LogP) is 0.277. The van der Waals surface area contributed by atoms with Gasteiger partial charge in [0.2, 0.25) is 0 Å². The van der Waals surface area contributed by atoms with Crippen molar-refractivity contribution in [3.8, 4) is 0 Å². The fraction of sp³-hybridized carbons (Fsp3) is 0.833. The summed E-state index contributed by atoms with van der Waals surface area (Å²) in [6.45, 7) is 1.24. The van der Waals surface area contributed by atoms with Crippen LogP contribution in [0, 0.1) is 0 Å². The van der Waals surface area contributed by atoms with E-state index in [0.29, 0.717) is 32.2 Å². The number of aldehydes is 1. The molecule has 1 N–H and O–H groups in total. The fourth-order valence-corrected chi connectivity index (χ4v) is 0.960. The molecule has 9 heavy (non-hydrogen) atoms. The topological polar surface area (TPSA) is 29.1 Å². The maximum absolute atomic E-state index is 12.9. The van der Waals surface area contributed by atoms with Crippen LogP contribution in [-0.2, 0) is 4.79 Å². The van der Waals surface area contributed by atoms with Crippen molar-refractivity contribution in [2.45, 2.75) is 18.5 Å². The number of hydrogen-bond donors (Lipinski definition) is 1. The van der Waals surface area contributed by atoms with Gasteiger partial charge in [0.1, 0.15) is 0 Å². The first-order valence-electron chi connectivity index (χ1n) is 3.13. The lowest BCUT2D eigenvalue weighted by molar-refractivity contribution is -0.119. The van der Waals surface area contributed by atoms with E-state index in [4.69, 9.17) is 0 Å². The third kappa shape index (κ3) is 1.48. The highest BCUT2D eigenvalue weighted by Crippen LogP contribution is 2.19. The van der Waals surface area contributed by atoms with Crippen LogP contribution in [0.15, 0.2) is 0 Å². The maximum Gasteiger partial charge on any atom is 0.168 e. The average Bonchev–Trinajstić information content (AvgIpc) is 1.90. The van der Waals surface area contributed by atoms with E-state index in [9.17, 15) is 9.18 Å². The van der Waals surface area contributed by atoms with E-state index in [1.54, 1.807) is 0 Å². The van der Waals surface area contributed by atoms with Gasteiger partial charge in [0.25, 0.3) is 0 Å². The van der Waals surface area contributed by atoms with E-state index in [0.717, 1.165) is 0 Å². The molecule has 0 atom stereocenters. The molecule has 2 nitrogen and oxygen atoms in total. The van der Waals surface area contributed by atoms with Crippen LogP contribution in [0.3, 0.4) is 0 Å². The van der Waals surface area contributed by atoms with Crippen LogP contribution in [0.1, 0.15) is 12.8 Å². The molecule has 1 fully saturated rings. The first kappa shape index (κ1) is 6.68. The first-order chi connectivity index (χ1) is 4.27. The van der Waals surface area contributed by atoms with Gasteiger partial charge in [-0.05, 0) is 13.1 Å². The van der Waals surface area contributed by atoms with Crippen molar-refractivity contribution >= 4 is 6.29 Å². The molecule has 1 aliphatic rings. The summed E-state index contributed by atoms with van der Waals surface area (Å²) in [6.07, 6.45) is 1.08. The summed E-state index contributed by atoms with van der Waals surface area (Å²) in [5.74, 6) is 0. The number of carbonyl (C=O) groups is 1. The Kier molecular flexibility index (Phi) is 1.81. The summed E-state index contributed by atoms with van der Waals surface area (Å²) in [7, 11) is 0. The van der Waals surface area contributed by atoms with Crippen LogP contribution in [0.25, 0.3) is 0 Å². The molecule has 0 amide bonds. The largest absolute Gasteiger partial charge is 0.316 e. The van der Waals surface area contributed by atoms with E-state index in [-0.39, 0.29) is 0 Å². The van der Waals surface area contributed by atoms with Crippen LogP contribution in [-0.4, -0.2) is 25.0 Å². The van der Waals surface area contributed by atoms with E-state index in [2.05, 4.69) is 5.32 Å². The van der Waals surface area contributed by atoms with Crippen molar-refractivity contribution in [2.75, 3.05) is 13.1 Å². The molecule has 0 aromatic heterocycles. The molecule has 52 valence electrons. The quantitative estimate of drug-likeness (QED) is 0.518. The second-order valence-electron chi connectivity index (χ2n) is 2.40. The summed E-state index contributed by atoms with van der Waals surface area (Å²) in [4.78, 5) is 10.1. The number of hydrogen-bond acceptors (Lipinski definition) is 2. The fourth-order valence-electron chi connectivity index (χ4n) is 0.960. The molecule has 1 aliphatic heterocycles. The van der Waals surface area contributed by atoms with Gasteiger partial charge >= 0.3 is 0 Å². The molecular formula is C6H10FNO. The average molecular weight is 131 g/mol. The maximum atomic E-state index is 12.9. The highest BCUT2D eigenvalue weighted by atomic mass is 19.1. The standard InChI is InChI=1S/C6H10FNO/c7-6(5-9)1-3-8-4-2-6/h5,8H,1-4H2. The molecule has 0 saturated carbocycles. The lowest BCUT2D eigenvalue weighted by Crippen LogP contribution is -2.39. The Morgan fingerprint density at radius 3 is 2.33 bits per heavy atom. The lowest BCUT2D eigenvalue weighted by atomic mass is 9.97. The van der Waals surface area contributed by atoms with Crippen molar-refractivity contribution in [2.24, 2.45) is 0 Å². The van der Waals surface area contributed by atoms with Gasteiger partial charge in [0.15, 0.2) is 12.0 Å². The van der Waals surface area contributed by atoms with Gasteiger partial charge in [-0.25, -0.2) is 4.39 Å². The van der Waals surface area contributed by atoms with Crippen molar-refractivity contribution in [1.82, 2.24) is 5.32 Å². The normalized spacial score (nSPS) is 25.4. The first-order valence-corrected chi connectivity index (χ1v) is 3.13. The molecule has 0 radical (unpaired) electrons. The number of rotatable bonds is 1. The predicted molar refractivity (Wildman–Crippen MR) is 32.0 cm³/mol. The van der Waals surface area contributed by atoms with E-state index in [1.807, 2.05) is 0 Å². The molecule has 0 spiro atoms. The molecular weight excluding hydrogens is 121 g/mol. The zero-order valence-corrected chi connectivity index (χ0v) is 5.19. The third-order valence-electron chi connectivity index (χ3n) is 1.65. The van der Waals surface area contributed by atoms with Gasteiger partial charge < -0.3 is 5.32 Å². The van der Waals surface area contributed by atoms with Gasteiger partial charge in [0, 0.05) is 12.8 Å². The summed E-state index contributed by atoms with van der Waals surface area (Å²) >= 11 is 0. The molecule has 0 aliphatic carbocycles. The Morgan fingerprint density at radius 1 is 1.44 bits per heavy atom. The zero-order chi connectivity index (χ0) is 6.74. The van der Waals surface area contributed by atoms with Gasteiger partial charge in [-0.3, -0.25) is 4.79 Å². The molecule has 1 rings (SSSR count). The third-order valence-corrected chi connectivity index (χ3v) is 1.65. The highest BCUT2D eigenvalue weighted by molar-refractivity contribution is 5.62. The minimum atomic E-state index is -1.52.